The Labute approximate surface area is 188 Å². The number of hydrogen-bond acceptors (Lipinski definition) is 1. The summed E-state index contributed by atoms with van der Waals surface area (Å²) < 4.78 is 6.02. The van der Waals surface area contributed by atoms with Crippen molar-refractivity contribution < 1.29 is 4.74 Å². The zero-order chi connectivity index (χ0) is 21.3. The molecule has 1 nitrogen and oxygen atoms in total. The maximum Gasteiger partial charge on any atom is 0.119 e. The van der Waals surface area contributed by atoms with E-state index in [0.29, 0.717) is 0 Å². The molecule has 0 spiro atoms. The van der Waals surface area contributed by atoms with Crippen LogP contribution < -0.4 is 4.74 Å². The van der Waals surface area contributed by atoms with E-state index in [2.05, 4.69) is 38.1 Å². The minimum Gasteiger partial charge on any atom is -0.494 e. The largest absolute Gasteiger partial charge is 0.494 e. The molecule has 172 valence electrons. The van der Waals surface area contributed by atoms with E-state index in [9.17, 15) is 0 Å². The van der Waals surface area contributed by atoms with Gasteiger partial charge in [-0.3, -0.25) is 0 Å². The standard InChI is InChI=1S/C29H50O/c1-3-5-7-8-9-10-12-15-27-21-23-29(24-22-27)30-25-13-16-28-19-17-26(18-20-28)14-11-6-4-2/h21-24,26,28H,3-20,25H2,1-2H3. The molecule has 0 unspecified atom stereocenters. The molecule has 1 saturated carbocycles. The van der Waals surface area contributed by atoms with Gasteiger partial charge in [-0.2, -0.15) is 0 Å². The van der Waals surface area contributed by atoms with Crippen LogP contribution in [0.2, 0.25) is 0 Å². The van der Waals surface area contributed by atoms with Crippen LogP contribution in [0.3, 0.4) is 0 Å². The first-order valence-corrected chi connectivity index (χ1v) is 13.5. The average molecular weight is 415 g/mol. The molecule has 2 rings (SSSR count). The van der Waals surface area contributed by atoms with Gasteiger partial charge in [0.1, 0.15) is 5.75 Å². The molecule has 1 aliphatic rings. The molecule has 0 amide bonds. The summed E-state index contributed by atoms with van der Waals surface area (Å²) in [5.74, 6) is 3.04. The van der Waals surface area contributed by atoms with Crippen molar-refractivity contribution in [3.05, 3.63) is 29.8 Å². The number of ether oxygens (including phenoxy) is 1. The second-order valence-corrected chi connectivity index (χ2v) is 9.89. The molecule has 0 saturated heterocycles. The topological polar surface area (TPSA) is 9.23 Å². The molecule has 0 radical (unpaired) electrons. The molecule has 0 heterocycles. The van der Waals surface area contributed by atoms with Crippen molar-refractivity contribution in [1.29, 1.82) is 0 Å². The van der Waals surface area contributed by atoms with Crippen LogP contribution >= 0.6 is 0 Å². The number of aryl methyl sites for hydroxylation is 1. The summed E-state index contributed by atoms with van der Waals surface area (Å²) in [6.45, 7) is 5.48. The lowest BCUT2D eigenvalue weighted by Crippen LogP contribution is -2.15. The van der Waals surface area contributed by atoms with Crippen molar-refractivity contribution in [2.24, 2.45) is 11.8 Å². The van der Waals surface area contributed by atoms with Crippen molar-refractivity contribution in [2.75, 3.05) is 6.61 Å². The normalized spacial score (nSPS) is 19.1. The Kier molecular flexibility index (Phi) is 14.1. The van der Waals surface area contributed by atoms with Crippen LogP contribution in [0.5, 0.6) is 5.75 Å². The molecule has 0 atom stereocenters. The minimum absolute atomic E-state index is 0.882. The summed E-state index contributed by atoms with van der Waals surface area (Å²) in [7, 11) is 0. The van der Waals surface area contributed by atoms with Gasteiger partial charge in [0, 0.05) is 0 Å². The van der Waals surface area contributed by atoms with Gasteiger partial charge >= 0.3 is 0 Å². The van der Waals surface area contributed by atoms with Crippen molar-refractivity contribution in [3.63, 3.8) is 0 Å². The third-order valence-electron chi connectivity index (χ3n) is 7.20. The molecular weight excluding hydrogens is 364 g/mol. The molecule has 1 aromatic carbocycles. The molecular formula is C29H50O. The van der Waals surface area contributed by atoms with Crippen LogP contribution in [-0.4, -0.2) is 6.61 Å². The highest BCUT2D eigenvalue weighted by Crippen LogP contribution is 2.34. The van der Waals surface area contributed by atoms with E-state index >= 15 is 0 Å². The van der Waals surface area contributed by atoms with Gasteiger partial charge in [0.05, 0.1) is 6.61 Å². The van der Waals surface area contributed by atoms with Crippen LogP contribution in [0.1, 0.15) is 129 Å². The second-order valence-electron chi connectivity index (χ2n) is 9.89. The minimum atomic E-state index is 0.882. The summed E-state index contributed by atoms with van der Waals surface area (Å²) in [6, 6.07) is 8.90. The number of unbranched alkanes of at least 4 members (excludes halogenated alkanes) is 8. The number of benzene rings is 1. The fraction of sp³-hybridized carbons (Fsp3) is 0.793. The summed E-state index contributed by atoms with van der Waals surface area (Å²) in [4.78, 5) is 0. The Balaban J connectivity index is 1.48. The smallest absolute Gasteiger partial charge is 0.119 e. The molecule has 0 bridgehead atoms. The second kappa shape index (κ2) is 16.7. The molecule has 1 heteroatoms. The predicted octanol–water partition coefficient (Wildman–Crippen LogP) is 9.53. The fourth-order valence-electron chi connectivity index (χ4n) is 5.09. The van der Waals surface area contributed by atoms with Gasteiger partial charge < -0.3 is 4.74 Å². The van der Waals surface area contributed by atoms with Crippen molar-refractivity contribution >= 4 is 0 Å². The van der Waals surface area contributed by atoms with Gasteiger partial charge in [-0.25, -0.2) is 0 Å². The third-order valence-corrected chi connectivity index (χ3v) is 7.20. The third kappa shape index (κ3) is 11.4. The highest BCUT2D eigenvalue weighted by Gasteiger charge is 2.20. The first-order valence-electron chi connectivity index (χ1n) is 13.5. The van der Waals surface area contributed by atoms with Crippen LogP contribution in [0.15, 0.2) is 24.3 Å². The van der Waals surface area contributed by atoms with Crippen LogP contribution in [0, 0.1) is 11.8 Å². The summed E-state index contributed by atoms with van der Waals surface area (Å²) >= 11 is 0. The van der Waals surface area contributed by atoms with E-state index in [-0.39, 0.29) is 0 Å². The summed E-state index contributed by atoms with van der Waals surface area (Å²) in [5, 5.41) is 0. The van der Waals surface area contributed by atoms with E-state index in [1.807, 2.05) is 0 Å². The van der Waals surface area contributed by atoms with E-state index in [4.69, 9.17) is 4.74 Å². The lowest BCUT2D eigenvalue weighted by molar-refractivity contribution is 0.228. The molecule has 1 fully saturated rings. The maximum absolute atomic E-state index is 6.02. The van der Waals surface area contributed by atoms with E-state index < -0.39 is 0 Å². The Morgan fingerprint density at radius 2 is 1.17 bits per heavy atom. The van der Waals surface area contributed by atoms with Crippen molar-refractivity contribution in [1.82, 2.24) is 0 Å². The highest BCUT2D eigenvalue weighted by molar-refractivity contribution is 5.27. The highest BCUT2D eigenvalue weighted by atomic mass is 16.5. The Bertz CT molecular complexity index is 498. The fourth-order valence-corrected chi connectivity index (χ4v) is 5.09. The molecule has 1 aromatic rings. The van der Waals surface area contributed by atoms with Crippen LogP contribution in [0.4, 0.5) is 0 Å². The zero-order valence-electron chi connectivity index (χ0n) is 20.3. The van der Waals surface area contributed by atoms with Gasteiger partial charge in [-0.1, -0.05) is 116 Å². The van der Waals surface area contributed by atoms with Gasteiger partial charge in [0.25, 0.3) is 0 Å². The SMILES string of the molecule is CCCCCCCCCc1ccc(OCCCC2CCC(CCCCC)CC2)cc1. The lowest BCUT2D eigenvalue weighted by atomic mass is 9.78. The number of rotatable bonds is 17. The maximum atomic E-state index is 6.02. The van der Waals surface area contributed by atoms with Gasteiger partial charge in [-0.15, -0.1) is 0 Å². The summed E-state index contributed by atoms with van der Waals surface area (Å²) in [6.07, 6.45) is 25.1. The van der Waals surface area contributed by atoms with Gasteiger partial charge in [0.15, 0.2) is 0 Å². The molecule has 0 aliphatic heterocycles. The van der Waals surface area contributed by atoms with Crippen molar-refractivity contribution in [2.45, 2.75) is 129 Å². The van der Waals surface area contributed by atoms with Gasteiger partial charge in [-0.05, 0) is 55.2 Å². The van der Waals surface area contributed by atoms with Crippen LogP contribution in [-0.2, 0) is 6.42 Å². The first kappa shape index (κ1) is 25.3. The molecule has 0 aromatic heterocycles. The zero-order valence-corrected chi connectivity index (χ0v) is 20.3. The summed E-state index contributed by atoms with van der Waals surface area (Å²) in [5.41, 5.74) is 1.46. The average Bonchev–Trinajstić information content (AvgIpc) is 2.78. The first-order chi connectivity index (χ1) is 14.8. The quantitative estimate of drug-likeness (QED) is 0.231. The van der Waals surface area contributed by atoms with E-state index in [1.165, 1.54) is 121 Å². The Morgan fingerprint density at radius 1 is 0.633 bits per heavy atom. The van der Waals surface area contributed by atoms with Gasteiger partial charge in [0.2, 0.25) is 0 Å². The number of hydrogen-bond donors (Lipinski definition) is 0. The van der Waals surface area contributed by atoms with Crippen molar-refractivity contribution in [3.8, 4) is 5.75 Å². The molecule has 0 N–H and O–H groups in total. The molecule has 30 heavy (non-hydrogen) atoms. The monoisotopic (exact) mass is 414 g/mol. The van der Waals surface area contributed by atoms with E-state index in [1.54, 1.807) is 0 Å². The van der Waals surface area contributed by atoms with E-state index in [0.717, 1.165) is 24.2 Å². The Hall–Kier alpha value is -0.980. The van der Waals surface area contributed by atoms with Crippen LogP contribution in [0.25, 0.3) is 0 Å². The Morgan fingerprint density at radius 3 is 1.80 bits per heavy atom. The lowest BCUT2D eigenvalue weighted by Gasteiger charge is -2.28. The predicted molar refractivity (Wildman–Crippen MR) is 132 cm³/mol. The molecule has 1 aliphatic carbocycles.